The Bertz CT molecular complexity index is 278. The van der Waals surface area contributed by atoms with Crippen molar-refractivity contribution in [1.82, 2.24) is 15.5 Å². The fourth-order valence-corrected chi connectivity index (χ4v) is 1.77. The summed E-state index contributed by atoms with van der Waals surface area (Å²) in [7, 11) is 0. The van der Waals surface area contributed by atoms with E-state index in [1.807, 2.05) is 0 Å². The molecule has 2 N–H and O–H groups in total. The van der Waals surface area contributed by atoms with Crippen LogP contribution >= 0.6 is 0 Å². The highest BCUT2D eigenvalue weighted by atomic mass is 15.1. The molecule has 0 unspecified atom stereocenters. The monoisotopic (exact) mass is 193 g/mol. The summed E-state index contributed by atoms with van der Waals surface area (Å²) in [6.45, 7) is 5.33. The van der Waals surface area contributed by atoms with E-state index in [4.69, 9.17) is 0 Å². The Kier molecular flexibility index (Phi) is 2.87. The molecule has 14 heavy (non-hydrogen) atoms. The summed E-state index contributed by atoms with van der Waals surface area (Å²) in [5.74, 6) is 0. The summed E-state index contributed by atoms with van der Waals surface area (Å²) in [5.41, 5.74) is 3.94. The highest BCUT2D eigenvalue weighted by Crippen LogP contribution is 2.20. The minimum absolute atomic E-state index is 0.777. The van der Waals surface area contributed by atoms with Gasteiger partial charge in [-0.3, -0.25) is 5.10 Å². The fourth-order valence-electron chi connectivity index (χ4n) is 1.77. The quantitative estimate of drug-likeness (QED) is 0.748. The van der Waals surface area contributed by atoms with Crippen LogP contribution in [0.2, 0.25) is 0 Å². The van der Waals surface area contributed by atoms with E-state index in [9.17, 15) is 0 Å². The molecule has 1 fully saturated rings. The number of aromatic nitrogens is 2. The van der Waals surface area contributed by atoms with Crippen LogP contribution in [0.5, 0.6) is 0 Å². The van der Waals surface area contributed by atoms with Gasteiger partial charge in [-0.05, 0) is 25.7 Å². The number of hydrogen-bond donors (Lipinski definition) is 2. The molecule has 0 spiro atoms. The van der Waals surface area contributed by atoms with Crippen LogP contribution in [0.25, 0.3) is 0 Å². The number of hydrogen-bond acceptors (Lipinski definition) is 2. The first-order valence-corrected chi connectivity index (χ1v) is 5.63. The van der Waals surface area contributed by atoms with Crippen molar-refractivity contribution >= 4 is 0 Å². The molecular formula is C11H19N3. The van der Waals surface area contributed by atoms with E-state index in [2.05, 4.69) is 29.4 Å². The summed E-state index contributed by atoms with van der Waals surface area (Å²) in [4.78, 5) is 0. The SMILES string of the molecule is CCc1n[nH]c(CC)c1CNC1CC1. The number of nitrogens with zero attached hydrogens (tertiary/aromatic N) is 1. The van der Waals surface area contributed by atoms with Gasteiger partial charge in [-0.2, -0.15) is 5.10 Å². The topological polar surface area (TPSA) is 40.7 Å². The van der Waals surface area contributed by atoms with Gasteiger partial charge in [0.15, 0.2) is 0 Å². The molecule has 0 aliphatic heterocycles. The molecule has 0 amide bonds. The summed E-state index contributed by atoms with van der Waals surface area (Å²) in [6.07, 6.45) is 4.77. The van der Waals surface area contributed by atoms with Gasteiger partial charge in [0.05, 0.1) is 5.69 Å². The van der Waals surface area contributed by atoms with Gasteiger partial charge in [0.1, 0.15) is 0 Å². The van der Waals surface area contributed by atoms with Crippen LogP contribution in [-0.2, 0) is 19.4 Å². The van der Waals surface area contributed by atoms with Crippen molar-refractivity contribution in [3.63, 3.8) is 0 Å². The lowest BCUT2D eigenvalue weighted by molar-refractivity contribution is 0.678. The van der Waals surface area contributed by atoms with Crippen LogP contribution in [0.1, 0.15) is 43.6 Å². The fraction of sp³-hybridized carbons (Fsp3) is 0.727. The average Bonchev–Trinajstić information content (AvgIpc) is 2.95. The molecule has 1 aromatic rings. The molecule has 1 saturated carbocycles. The Morgan fingerprint density at radius 2 is 2.14 bits per heavy atom. The van der Waals surface area contributed by atoms with Crippen molar-refractivity contribution in [3.8, 4) is 0 Å². The zero-order chi connectivity index (χ0) is 9.97. The summed E-state index contributed by atoms with van der Waals surface area (Å²) >= 11 is 0. The first kappa shape index (κ1) is 9.71. The summed E-state index contributed by atoms with van der Waals surface area (Å²) in [6, 6.07) is 0.777. The van der Waals surface area contributed by atoms with Crippen LogP contribution in [0.3, 0.4) is 0 Å². The Hall–Kier alpha value is -0.830. The molecule has 0 radical (unpaired) electrons. The van der Waals surface area contributed by atoms with Gasteiger partial charge in [-0.15, -0.1) is 0 Å². The molecule has 78 valence electrons. The van der Waals surface area contributed by atoms with E-state index in [1.165, 1.54) is 29.8 Å². The van der Waals surface area contributed by atoms with Crippen LogP contribution in [-0.4, -0.2) is 16.2 Å². The molecule has 0 bridgehead atoms. The van der Waals surface area contributed by atoms with Gasteiger partial charge in [0.25, 0.3) is 0 Å². The lowest BCUT2D eigenvalue weighted by Gasteiger charge is -2.04. The van der Waals surface area contributed by atoms with E-state index in [0.717, 1.165) is 25.4 Å². The van der Waals surface area contributed by atoms with Crippen molar-refractivity contribution < 1.29 is 0 Å². The van der Waals surface area contributed by atoms with Crippen LogP contribution in [0, 0.1) is 0 Å². The van der Waals surface area contributed by atoms with E-state index >= 15 is 0 Å². The summed E-state index contributed by atoms with van der Waals surface area (Å²) < 4.78 is 0. The van der Waals surface area contributed by atoms with Crippen LogP contribution in [0.4, 0.5) is 0 Å². The van der Waals surface area contributed by atoms with Crippen molar-refractivity contribution in [2.45, 2.75) is 52.1 Å². The number of H-pyrrole nitrogens is 1. The maximum atomic E-state index is 4.34. The first-order valence-electron chi connectivity index (χ1n) is 5.63. The van der Waals surface area contributed by atoms with Gasteiger partial charge >= 0.3 is 0 Å². The maximum absolute atomic E-state index is 4.34. The van der Waals surface area contributed by atoms with Crippen LogP contribution < -0.4 is 5.32 Å². The molecule has 3 heteroatoms. The molecule has 0 atom stereocenters. The number of nitrogens with one attached hydrogen (secondary N) is 2. The molecule has 1 aromatic heterocycles. The lowest BCUT2D eigenvalue weighted by atomic mass is 10.1. The van der Waals surface area contributed by atoms with E-state index < -0.39 is 0 Å². The van der Waals surface area contributed by atoms with Crippen LogP contribution in [0.15, 0.2) is 0 Å². The second-order valence-electron chi connectivity index (χ2n) is 3.99. The number of aryl methyl sites for hydroxylation is 2. The Morgan fingerprint density at radius 3 is 2.71 bits per heavy atom. The Labute approximate surface area is 85.3 Å². The molecule has 1 aliphatic rings. The van der Waals surface area contributed by atoms with Crippen molar-refractivity contribution in [3.05, 3.63) is 17.0 Å². The van der Waals surface area contributed by atoms with Crippen molar-refractivity contribution in [2.75, 3.05) is 0 Å². The average molecular weight is 193 g/mol. The Morgan fingerprint density at radius 1 is 1.36 bits per heavy atom. The largest absolute Gasteiger partial charge is 0.310 e. The molecular weight excluding hydrogens is 174 g/mol. The number of aromatic amines is 1. The highest BCUT2D eigenvalue weighted by Gasteiger charge is 2.21. The third-order valence-corrected chi connectivity index (χ3v) is 2.87. The van der Waals surface area contributed by atoms with Crippen molar-refractivity contribution in [1.29, 1.82) is 0 Å². The molecule has 2 rings (SSSR count). The smallest absolute Gasteiger partial charge is 0.0667 e. The maximum Gasteiger partial charge on any atom is 0.0667 e. The zero-order valence-electron chi connectivity index (χ0n) is 9.06. The third-order valence-electron chi connectivity index (χ3n) is 2.87. The normalized spacial score (nSPS) is 16.1. The van der Waals surface area contributed by atoms with Gasteiger partial charge in [0.2, 0.25) is 0 Å². The van der Waals surface area contributed by atoms with Gasteiger partial charge in [-0.1, -0.05) is 13.8 Å². The standard InChI is InChI=1S/C11H19N3/c1-3-10-9(7-12-8-5-6-8)11(4-2)14-13-10/h8,12H,3-7H2,1-2H3,(H,13,14). The summed E-state index contributed by atoms with van der Waals surface area (Å²) in [5, 5.41) is 11.0. The van der Waals surface area contributed by atoms with E-state index in [-0.39, 0.29) is 0 Å². The van der Waals surface area contributed by atoms with E-state index in [0.29, 0.717) is 0 Å². The highest BCUT2D eigenvalue weighted by molar-refractivity contribution is 5.25. The molecule has 1 aliphatic carbocycles. The number of rotatable bonds is 5. The lowest BCUT2D eigenvalue weighted by Crippen LogP contribution is -2.16. The Balaban J connectivity index is 2.05. The molecule has 0 aromatic carbocycles. The zero-order valence-corrected chi connectivity index (χ0v) is 9.06. The predicted octanol–water partition coefficient (Wildman–Crippen LogP) is 1.79. The second-order valence-corrected chi connectivity index (χ2v) is 3.99. The molecule has 1 heterocycles. The minimum Gasteiger partial charge on any atom is -0.310 e. The molecule has 3 nitrogen and oxygen atoms in total. The van der Waals surface area contributed by atoms with Gasteiger partial charge < -0.3 is 5.32 Å². The van der Waals surface area contributed by atoms with E-state index in [1.54, 1.807) is 0 Å². The second kappa shape index (κ2) is 4.13. The van der Waals surface area contributed by atoms with Gasteiger partial charge in [-0.25, -0.2) is 0 Å². The first-order chi connectivity index (χ1) is 6.85. The predicted molar refractivity (Wildman–Crippen MR) is 57.2 cm³/mol. The van der Waals surface area contributed by atoms with Gasteiger partial charge in [0, 0.05) is 23.8 Å². The molecule has 0 saturated heterocycles. The minimum atomic E-state index is 0.777. The van der Waals surface area contributed by atoms with Crippen molar-refractivity contribution in [2.24, 2.45) is 0 Å². The third kappa shape index (κ3) is 1.98.